The highest BCUT2D eigenvalue weighted by Gasteiger charge is 2.36. The van der Waals surface area contributed by atoms with Gasteiger partial charge in [-0.3, -0.25) is 19.1 Å². The van der Waals surface area contributed by atoms with Gasteiger partial charge in [0.15, 0.2) is 0 Å². The van der Waals surface area contributed by atoms with Crippen LogP contribution in [-0.2, 0) is 11.8 Å². The summed E-state index contributed by atoms with van der Waals surface area (Å²) in [5, 5.41) is 10.1. The molecule has 0 spiro atoms. The third kappa shape index (κ3) is 4.08. The van der Waals surface area contributed by atoms with Crippen LogP contribution in [0, 0.1) is 11.8 Å². The summed E-state index contributed by atoms with van der Waals surface area (Å²) in [6.07, 6.45) is 6.96. The van der Waals surface area contributed by atoms with Crippen molar-refractivity contribution in [3.63, 3.8) is 0 Å². The van der Waals surface area contributed by atoms with Crippen molar-refractivity contribution >= 4 is 21.9 Å². The fraction of sp³-hybridized carbons (Fsp3) is 0.462. The van der Waals surface area contributed by atoms with Crippen LogP contribution in [0.1, 0.15) is 32.7 Å². The van der Waals surface area contributed by atoms with Gasteiger partial charge in [0, 0.05) is 36.3 Å². The minimum absolute atomic E-state index is 0.0151. The molecule has 0 amide bonds. The highest BCUT2D eigenvalue weighted by Crippen LogP contribution is 2.39. The quantitative estimate of drug-likeness (QED) is 0.454. The Morgan fingerprint density at radius 1 is 1.09 bits per heavy atom. The van der Waals surface area contributed by atoms with Crippen molar-refractivity contribution in [2.24, 2.45) is 18.9 Å². The van der Waals surface area contributed by atoms with Crippen molar-refractivity contribution in [1.29, 1.82) is 0 Å². The first kappa shape index (κ1) is 23.4. The maximum Gasteiger partial charge on any atom is 0.329 e. The van der Waals surface area contributed by atoms with Crippen molar-refractivity contribution in [2.45, 2.75) is 38.8 Å². The van der Waals surface area contributed by atoms with E-state index in [9.17, 15) is 9.90 Å². The largest absolute Gasteiger partial charge is 0.481 e. The zero-order valence-corrected chi connectivity index (χ0v) is 20.5. The van der Waals surface area contributed by atoms with E-state index in [1.165, 1.54) is 0 Å². The SMILES string of the molecule is COc1ccc(-c2cc3c(cn2)ncc2c3n(C3CC(C)C(OCCO)C(C)C3)c(=O)n2C)cn1. The number of hydrogen-bond donors (Lipinski definition) is 1. The van der Waals surface area contributed by atoms with Gasteiger partial charge in [0.25, 0.3) is 0 Å². The summed E-state index contributed by atoms with van der Waals surface area (Å²) in [7, 11) is 3.38. The van der Waals surface area contributed by atoms with Gasteiger partial charge in [-0.25, -0.2) is 9.78 Å². The van der Waals surface area contributed by atoms with E-state index in [-0.39, 0.29) is 36.3 Å². The van der Waals surface area contributed by atoms with E-state index in [1.807, 2.05) is 16.7 Å². The molecule has 4 heterocycles. The van der Waals surface area contributed by atoms with Gasteiger partial charge in [-0.2, -0.15) is 0 Å². The molecule has 4 aromatic heterocycles. The van der Waals surface area contributed by atoms with Gasteiger partial charge in [-0.05, 0) is 36.8 Å². The van der Waals surface area contributed by atoms with Crippen molar-refractivity contribution < 1.29 is 14.6 Å². The first-order chi connectivity index (χ1) is 16.9. The lowest BCUT2D eigenvalue weighted by atomic mass is 9.77. The first-order valence-electron chi connectivity index (χ1n) is 12.0. The van der Waals surface area contributed by atoms with Gasteiger partial charge in [-0.1, -0.05) is 13.8 Å². The monoisotopic (exact) mass is 477 g/mol. The number of aromatic nitrogens is 5. The Morgan fingerprint density at radius 3 is 2.51 bits per heavy atom. The van der Waals surface area contributed by atoms with Crippen LogP contribution in [0.25, 0.3) is 33.2 Å². The van der Waals surface area contributed by atoms with Crippen LogP contribution in [0.5, 0.6) is 5.88 Å². The number of aliphatic hydroxyl groups is 1. The van der Waals surface area contributed by atoms with Crippen LogP contribution >= 0.6 is 0 Å². The number of aryl methyl sites for hydroxylation is 1. The second-order valence-corrected chi connectivity index (χ2v) is 9.52. The smallest absolute Gasteiger partial charge is 0.329 e. The van der Waals surface area contributed by atoms with E-state index in [1.54, 1.807) is 43.4 Å². The Balaban J connectivity index is 1.63. The topological polar surface area (TPSA) is 104 Å². The molecule has 9 heteroatoms. The summed E-state index contributed by atoms with van der Waals surface area (Å²) in [6.45, 7) is 4.68. The maximum absolute atomic E-state index is 13.5. The van der Waals surface area contributed by atoms with E-state index < -0.39 is 0 Å². The Labute approximate surface area is 203 Å². The zero-order valence-electron chi connectivity index (χ0n) is 20.5. The molecule has 5 rings (SSSR count). The summed E-state index contributed by atoms with van der Waals surface area (Å²) in [5.74, 6) is 1.05. The predicted molar refractivity (Wildman–Crippen MR) is 133 cm³/mol. The summed E-state index contributed by atoms with van der Waals surface area (Å²) < 4.78 is 14.7. The van der Waals surface area contributed by atoms with Crippen molar-refractivity contribution in [2.75, 3.05) is 20.3 Å². The second-order valence-electron chi connectivity index (χ2n) is 9.52. The molecule has 1 aliphatic carbocycles. The summed E-state index contributed by atoms with van der Waals surface area (Å²) in [4.78, 5) is 27.0. The number of aliphatic hydroxyl groups excluding tert-OH is 1. The van der Waals surface area contributed by atoms with Crippen LogP contribution in [0.2, 0.25) is 0 Å². The standard InChI is InChI=1S/C26H31N5O4/c1-15-9-18(10-16(2)25(15)35-8-7-32)31-24-19-11-20(17-5-6-23(34-4)29-12-17)27-13-21(19)28-14-22(24)30(3)26(31)33/h5-6,11-16,18,25,32H,7-10H2,1-4H3. The average Bonchev–Trinajstić information content (AvgIpc) is 3.13. The first-order valence-corrected chi connectivity index (χ1v) is 12.0. The molecule has 1 aliphatic rings. The summed E-state index contributed by atoms with van der Waals surface area (Å²) >= 11 is 0. The highest BCUT2D eigenvalue weighted by molar-refractivity contribution is 6.03. The van der Waals surface area contributed by atoms with Crippen molar-refractivity contribution in [3.05, 3.63) is 47.3 Å². The Hall–Kier alpha value is -3.30. The average molecular weight is 478 g/mol. The minimum atomic E-state index is -0.0436. The van der Waals surface area contributed by atoms with Crippen LogP contribution < -0.4 is 10.4 Å². The molecule has 0 aliphatic heterocycles. The van der Waals surface area contributed by atoms with E-state index in [0.29, 0.717) is 12.5 Å². The lowest BCUT2D eigenvalue weighted by Gasteiger charge is -2.39. The van der Waals surface area contributed by atoms with Gasteiger partial charge in [0.2, 0.25) is 5.88 Å². The minimum Gasteiger partial charge on any atom is -0.481 e. The molecule has 2 atom stereocenters. The molecule has 0 aromatic carbocycles. The molecule has 4 aromatic rings. The van der Waals surface area contributed by atoms with Crippen LogP contribution in [-0.4, -0.2) is 55.6 Å². The highest BCUT2D eigenvalue weighted by atomic mass is 16.5. The Kier molecular flexibility index (Phi) is 6.29. The van der Waals surface area contributed by atoms with Gasteiger partial charge in [0.05, 0.1) is 61.1 Å². The van der Waals surface area contributed by atoms with Gasteiger partial charge in [-0.15, -0.1) is 0 Å². The molecule has 1 saturated carbocycles. The fourth-order valence-corrected chi connectivity index (χ4v) is 5.59. The van der Waals surface area contributed by atoms with Crippen molar-refractivity contribution in [3.8, 4) is 17.1 Å². The number of fused-ring (bicyclic) bond motifs is 3. The van der Waals surface area contributed by atoms with Crippen LogP contribution in [0.4, 0.5) is 0 Å². The van der Waals surface area contributed by atoms with Gasteiger partial charge >= 0.3 is 5.69 Å². The number of methoxy groups -OCH3 is 1. The molecule has 0 bridgehead atoms. The third-order valence-corrected chi connectivity index (χ3v) is 7.22. The summed E-state index contributed by atoms with van der Waals surface area (Å²) in [5.41, 5.74) is 3.99. The number of rotatable bonds is 6. The van der Waals surface area contributed by atoms with Gasteiger partial charge < -0.3 is 14.6 Å². The zero-order chi connectivity index (χ0) is 24.7. The second kappa shape index (κ2) is 9.39. The molecule has 1 fully saturated rings. The van der Waals surface area contributed by atoms with Crippen LogP contribution in [0.15, 0.2) is 41.6 Å². The number of pyridine rings is 3. The predicted octanol–water partition coefficient (Wildman–Crippen LogP) is 3.34. The molecular weight excluding hydrogens is 446 g/mol. The molecule has 2 unspecified atom stereocenters. The molecule has 9 nitrogen and oxygen atoms in total. The Morgan fingerprint density at radius 2 is 1.86 bits per heavy atom. The summed E-state index contributed by atoms with van der Waals surface area (Å²) in [6, 6.07) is 5.75. The number of hydrogen-bond acceptors (Lipinski definition) is 7. The lowest BCUT2D eigenvalue weighted by molar-refractivity contribution is -0.0587. The van der Waals surface area contributed by atoms with E-state index in [2.05, 4.69) is 28.8 Å². The number of ether oxygens (including phenoxy) is 2. The van der Waals surface area contributed by atoms with Crippen molar-refractivity contribution in [1.82, 2.24) is 24.1 Å². The van der Waals surface area contributed by atoms with E-state index >= 15 is 0 Å². The molecular formula is C26H31N5O4. The molecule has 0 radical (unpaired) electrons. The van der Waals surface area contributed by atoms with E-state index in [0.717, 1.165) is 46.0 Å². The normalized spacial score (nSPS) is 22.7. The number of imidazole rings is 1. The maximum atomic E-state index is 13.5. The number of nitrogens with zero attached hydrogens (tertiary/aromatic N) is 5. The fourth-order valence-electron chi connectivity index (χ4n) is 5.59. The van der Waals surface area contributed by atoms with Crippen LogP contribution in [0.3, 0.4) is 0 Å². The molecule has 35 heavy (non-hydrogen) atoms. The van der Waals surface area contributed by atoms with Gasteiger partial charge in [0.1, 0.15) is 0 Å². The molecule has 1 N–H and O–H groups in total. The lowest BCUT2D eigenvalue weighted by Crippen LogP contribution is -2.40. The Bertz CT molecular complexity index is 1400. The molecule has 0 saturated heterocycles. The van der Waals surface area contributed by atoms with E-state index in [4.69, 9.17) is 9.47 Å². The third-order valence-electron chi connectivity index (χ3n) is 7.22. The molecule has 184 valence electrons.